The van der Waals surface area contributed by atoms with Gasteiger partial charge < -0.3 is 9.32 Å². The third-order valence-corrected chi connectivity index (χ3v) is 10.1. The van der Waals surface area contributed by atoms with Gasteiger partial charge >= 0.3 is 0 Å². The van der Waals surface area contributed by atoms with Crippen molar-refractivity contribution in [2.75, 3.05) is 4.90 Å². The van der Waals surface area contributed by atoms with E-state index in [9.17, 15) is 0 Å². The van der Waals surface area contributed by atoms with E-state index >= 15 is 0 Å². The Bertz CT molecular complexity index is 2510. The van der Waals surface area contributed by atoms with Crippen molar-refractivity contribution in [2.24, 2.45) is 0 Å². The number of hydrogen-bond donors (Lipinski definition) is 0. The molecule has 6 aromatic carbocycles. The number of aromatic nitrogens is 3. The summed E-state index contributed by atoms with van der Waals surface area (Å²) in [6.07, 6.45) is 0.824. The lowest BCUT2D eigenvalue weighted by Crippen LogP contribution is -2.33. The Labute approximate surface area is 278 Å². The Morgan fingerprint density at radius 3 is 1.92 bits per heavy atom. The molecule has 0 spiro atoms. The summed E-state index contributed by atoms with van der Waals surface area (Å²) in [7, 11) is 0. The highest BCUT2D eigenvalue weighted by Gasteiger charge is 2.42. The number of rotatable bonds is 3. The van der Waals surface area contributed by atoms with Gasteiger partial charge in [-0.15, -0.1) is 0 Å². The molecule has 0 saturated heterocycles. The van der Waals surface area contributed by atoms with E-state index in [0.717, 1.165) is 39.7 Å². The lowest BCUT2D eigenvalue weighted by atomic mass is 9.70. The average molecular weight is 619 g/mol. The molecule has 10 rings (SSSR count). The summed E-state index contributed by atoms with van der Waals surface area (Å²) < 4.78 is 6.62. The Balaban J connectivity index is 1.22. The minimum atomic E-state index is -0.317. The number of anilines is 3. The molecule has 0 aliphatic carbocycles. The number of benzene rings is 6. The second-order valence-electron chi connectivity index (χ2n) is 13.3. The molecule has 0 amide bonds. The van der Waals surface area contributed by atoms with Crippen molar-refractivity contribution >= 4 is 39.0 Å². The minimum Gasteiger partial charge on any atom is -0.456 e. The minimum absolute atomic E-state index is 0.317. The number of para-hydroxylation sites is 2. The molecule has 0 unspecified atom stereocenters. The molecule has 0 atom stereocenters. The van der Waals surface area contributed by atoms with Crippen LogP contribution in [0.2, 0.25) is 0 Å². The number of hydrogen-bond acceptors (Lipinski definition) is 5. The summed E-state index contributed by atoms with van der Waals surface area (Å²) in [5.74, 6) is 1.97. The Morgan fingerprint density at radius 1 is 0.562 bits per heavy atom. The van der Waals surface area contributed by atoms with Crippen LogP contribution in [0, 0.1) is 0 Å². The maximum Gasteiger partial charge on any atom is 0.164 e. The standard InChI is InChI=1S/C43H30N4O/c1-43(2)33-24-29(42-45-40(26-13-5-3-6-14-26)44-41(46-42)27-15-7-4-8-16-27)21-22-36(33)47-35-19-11-9-17-28(35)23-32-38(47)34(43)25-31-30-18-10-12-20-37(30)48-39(31)32/h3-22,24-25H,23H2,1-2H3. The van der Waals surface area contributed by atoms with E-state index in [-0.39, 0.29) is 5.41 Å². The third kappa shape index (κ3) is 3.88. The van der Waals surface area contributed by atoms with Gasteiger partial charge in [0, 0.05) is 50.5 Å². The van der Waals surface area contributed by atoms with Gasteiger partial charge in [-0.25, -0.2) is 15.0 Å². The topological polar surface area (TPSA) is 55.1 Å². The Kier molecular flexibility index (Phi) is 5.62. The van der Waals surface area contributed by atoms with Crippen molar-refractivity contribution in [1.29, 1.82) is 0 Å². The Hall–Kier alpha value is -6.07. The second kappa shape index (κ2) is 9.96. The van der Waals surface area contributed by atoms with E-state index in [1.807, 2.05) is 66.7 Å². The zero-order valence-electron chi connectivity index (χ0n) is 26.6. The largest absolute Gasteiger partial charge is 0.456 e. The van der Waals surface area contributed by atoms with Crippen LogP contribution in [0.5, 0.6) is 0 Å². The molecule has 48 heavy (non-hydrogen) atoms. The second-order valence-corrected chi connectivity index (χ2v) is 13.3. The van der Waals surface area contributed by atoms with Crippen LogP contribution in [0.1, 0.15) is 36.1 Å². The molecular formula is C43H30N4O. The molecule has 228 valence electrons. The normalized spacial score (nSPS) is 14.1. The van der Waals surface area contributed by atoms with E-state index in [4.69, 9.17) is 19.4 Å². The number of fused-ring (bicyclic) bond motifs is 8. The molecule has 5 heteroatoms. The van der Waals surface area contributed by atoms with Gasteiger partial charge in [-0.2, -0.15) is 0 Å². The summed E-state index contributed by atoms with van der Waals surface area (Å²) in [6.45, 7) is 4.69. The lowest BCUT2D eigenvalue weighted by molar-refractivity contribution is 0.626. The van der Waals surface area contributed by atoms with Gasteiger partial charge in [0.05, 0.1) is 11.4 Å². The van der Waals surface area contributed by atoms with Gasteiger partial charge in [0.1, 0.15) is 11.2 Å². The van der Waals surface area contributed by atoms with E-state index in [2.05, 4.69) is 85.5 Å². The van der Waals surface area contributed by atoms with E-state index < -0.39 is 0 Å². The quantitative estimate of drug-likeness (QED) is 0.197. The molecule has 0 N–H and O–H groups in total. The van der Waals surface area contributed by atoms with Crippen LogP contribution in [0.3, 0.4) is 0 Å². The maximum atomic E-state index is 6.62. The lowest BCUT2D eigenvalue weighted by Gasteiger charge is -2.45. The van der Waals surface area contributed by atoms with Crippen LogP contribution < -0.4 is 4.90 Å². The maximum absolute atomic E-state index is 6.62. The fourth-order valence-electron chi connectivity index (χ4n) is 7.70. The molecular weight excluding hydrogens is 589 g/mol. The first-order valence-corrected chi connectivity index (χ1v) is 16.4. The summed E-state index contributed by atoms with van der Waals surface area (Å²) >= 11 is 0. The first-order chi connectivity index (χ1) is 23.5. The SMILES string of the molecule is CC1(C)c2cc(-c3nc(-c4ccccc4)nc(-c4ccccc4)n3)ccc2N2c3ccccc3Cc3c2c1cc1c3oc2ccccc21. The van der Waals surface area contributed by atoms with Crippen molar-refractivity contribution in [2.45, 2.75) is 25.7 Å². The summed E-state index contributed by atoms with van der Waals surface area (Å²) in [6, 6.07) is 46.5. The van der Waals surface area contributed by atoms with Gasteiger partial charge in [-0.1, -0.05) is 111 Å². The first kappa shape index (κ1) is 27.1. The van der Waals surface area contributed by atoms with Crippen molar-refractivity contribution in [3.63, 3.8) is 0 Å². The summed E-state index contributed by atoms with van der Waals surface area (Å²) in [4.78, 5) is 17.5. The molecule has 8 aromatic rings. The van der Waals surface area contributed by atoms with Gasteiger partial charge in [-0.05, 0) is 53.1 Å². The van der Waals surface area contributed by atoms with Gasteiger partial charge in [-0.3, -0.25) is 0 Å². The number of nitrogens with zero attached hydrogens (tertiary/aromatic N) is 4. The highest BCUT2D eigenvalue weighted by Crippen LogP contribution is 2.58. The van der Waals surface area contributed by atoms with E-state index in [1.165, 1.54) is 44.7 Å². The first-order valence-electron chi connectivity index (χ1n) is 16.4. The summed E-state index contributed by atoms with van der Waals surface area (Å²) in [5.41, 5.74) is 13.1. The zero-order valence-corrected chi connectivity index (χ0v) is 26.6. The van der Waals surface area contributed by atoms with Gasteiger partial charge in [0.15, 0.2) is 17.5 Å². The van der Waals surface area contributed by atoms with Crippen LogP contribution in [-0.4, -0.2) is 15.0 Å². The van der Waals surface area contributed by atoms with Crippen LogP contribution in [-0.2, 0) is 11.8 Å². The van der Waals surface area contributed by atoms with Crippen molar-refractivity contribution in [3.8, 4) is 34.2 Å². The molecule has 0 fully saturated rings. The van der Waals surface area contributed by atoms with Gasteiger partial charge in [0.25, 0.3) is 0 Å². The zero-order chi connectivity index (χ0) is 32.0. The van der Waals surface area contributed by atoms with E-state index in [1.54, 1.807) is 0 Å². The third-order valence-electron chi connectivity index (χ3n) is 10.1. The highest BCUT2D eigenvalue weighted by atomic mass is 16.3. The molecule has 2 aliphatic heterocycles. The van der Waals surface area contributed by atoms with Crippen LogP contribution in [0.25, 0.3) is 56.1 Å². The van der Waals surface area contributed by atoms with Crippen molar-refractivity contribution in [3.05, 3.63) is 156 Å². The molecule has 5 nitrogen and oxygen atoms in total. The smallest absolute Gasteiger partial charge is 0.164 e. The fourth-order valence-corrected chi connectivity index (χ4v) is 7.70. The molecule has 0 radical (unpaired) electrons. The molecule has 4 heterocycles. The van der Waals surface area contributed by atoms with Crippen LogP contribution in [0.4, 0.5) is 17.1 Å². The van der Waals surface area contributed by atoms with Crippen molar-refractivity contribution in [1.82, 2.24) is 15.0 Å². The molecule has 0 saturated carbocycles. The van der Waals surface area contributed by atoms with Crippen molar-refractivity contribution < 1.29 is 4.42 Å². The van der Waals surface area contributed by atoms with E-state index in [0.29, 0.717) is 17.5 Å². The Morgan fingerprint density at radius 2 is 1.19 bits per heavy atom. The van der Waals surface area contributed by atoms with Crippen LogP contribution in [0.15, 0.2) is 138 Å². The number of furan rings is 1. The average Bonchev–Trinajstić information content (AvgIpc) is 3.52. The van der Waals surface area contributed by atoms with Gasteiger partial charge in [0.2, 0.25) is 0 Å². The van der Waals surface area contributed by atoms with Crippen LogP contribution >= 0.6 is 0 Å². The summed E-state index contributed by atoms with van der Waals surface area (Å²) in [5, 5.41) is 2.32. The predicted molar refractivity (Wildman–Crippen MR) is 193 cm³/mol. The molecule has 0 bridgehead atoms. The molecule has 2 aromatic heterocycles. The highest BCUT2D eigenvalue weighted by molar-refractivity contribution is 6.10. The predicted octanol–water partition coefficient (Wildman–Crippen LogP) is 10.8. The monoisotopic (exact) mass is 618 g/mol. The molecule has 2 aliphatic rings. The fraction of sp³-hybridized carbons (Fsp3) is 0.0930.